The molecule has 1 amide bonds. The van der Waals surface area contributed by atoms with Gasteiger partial charge in [-0.25, -0.2) is 14.4 Å². The fraction of sp³-hybridized carbons (Fsp3) is 0.0909. The molecule has 0 saturated heterocycles. The van der Waals surface area contributed by atoms with Crippen LogP contribution in [0.2, 0.25) is 0 Å². The monoisotopic (exact) mass is 465 g/mol. The average molecular weight is 466 g/mol. The third kappa shape index (κ3) is 3.67. The molecule has 0 aliphatic heterocycles. The van der Waals surface area contributed by atoms with Crippen molar-refractivity contribution < 1.29 is 9.18 Å². The molecular formula is C22H16FN5O2S2. The zero-order valence-corrected chi connectivity index (χ0v) is 18.4. The second-order valence-electron chi connectivity index (χ2n) is 7.01. The lowest BCUT2D eigenvalue weighted by Gasteiger charge is -2.12. The van der Waals surface area contributed by atoms with Gasteiger partial charge in [-0.3, -0.25) is 14.2 Å². The van der Waals surface area contributed by atoms with Crippen LogP contribution < -0.4 is 10.9 Å². The van der Waals surface area contributed by atoms with Crippen LogP contribution in [0.4, 0.5) is 9.52 Å². The molecule has 0 saturated carbocycles. The number of rotatable bonds is 5. The highest BCUT2D eigenvalue weighted by molar-refractivity contribution is 7.99. The highest BCUT2D eigenvalue weighted by Crippen LogP contribution is 2.27. The minimum absolute atomic E-state index is 0.0205. The number of hydrogen-bond donors (Lipinski definition) is 2. The molecular weight excluding hydrogens is 449 g/mol. The van der Waals surface area contributed by atoms with E-state index in [2.05, 4.69) is 20.3 Å². The smallest absolute Gasteiger partial charge is 0.283 e. The van der Waals surface area contributed by atoms with Gasteiger partial charge in [0.2, 0.25) is 5.91 Å². The number of thiazole rings is 1. The highest BCUT2D eigenvalue weighted by Gasteiger charge is 2.20. The molecule has 32 heavy (non-hydrogen) atoms. The van der Waals surface area contributed by atoms with Crippen molar-refractivity contribution in [3.63, 3.8) is 0 Å². The number of nitrogens with one attached hydrogen (secondary N) is 2. The van der Waals surface area contributed by atoms with Crippen molar-refractivity contribution >= 4 is 56.1 Å². The van der Waals surface area contributed by atoms with Gasteiger partial charge in [-0.05, 0) is 25.1 Å². The first-order valence-corrected chi connectivity index (χ1v) is 11.5. The molecule has 3 heterocycles. The standard InChI is InChI=1S/C22H16FN5O2S2/c1-12-10-31-21(24-12)26-17(29)11-32-22-27-18-13-6-2-4-8-15(13)25-19(18)20(30)28(22)16-9-5-3-7-14(16)23/h2-10,25H,11H2,1H3,(H,24,26,29). The Morgan fingerprint density at radius 3 is 2.75 bits per heavy atom. The van der Waals surface area contributed by atoms with Gasteiger partial charge in [0.25, 0.3) is 5.56 Å². The maximum atomic E-state index is 14.6. The predicted octanol–water partition coefficient (Wildman–Crippen LogP) is 4.50. The van der Waals surface area contributed by atoms with E-state index in [0.29, 0.717) is 10.6 Å². The third-order valence-electron chi connectivity index (χ3n) is 4.79. The van der Waals surface area contributed by atoms with Crippen LogP contribution in [0.3, 0.4) is 0 Å². The third-order valence-corrected chi connectivity index (χ3v) is 6.60. The Balaban J connectivity index is 1.60. The molecule has 160 valence electrons. The predicted molar refractivity (Wildman–Crippen MR) is 125 cm³/mol. The Morgan fingerprint density at radius 1 is 1.19 bits per heavy atom. The van der Waals surface area contributed by atoms with Crippen LogP contribution in [0.1, 0.15) is 5.69 Å². The molecule has 0 aliphatic carbocycles. The summed E-state index contributed by atoms with van der Waals surface area (Å²) in [5.41, 5.74) is 1.97. The van der Waals surface area contributed by atoms with Crippen LogP contribution in [0.5, 0.6) is 0 Å². The van der Waals surface area contributed by atoms with Gasteiger partial charge in [0.15, 0.2) is 10.3 Å². The minimum atomic E-state index is -0.559. The van der Waals surface area contributed by atoms with E-state index in [9.17, 15) is 14.0 Å². The molecule has 0 aliphatic rings. The Kier molecular flexibility index (Phi) is 5.24. The number of halogens is 1. The van der Waals surface area contributed by atoms with Gasteiger partial charge in [-0.2, -0.15) is 0 Å². The van der Waals surface area contributed by atoms with Gasteiger partial charge < -0.3 is 10.3 Å². The summed E-state index contributed by atoms with van der Waals surface area (Å²) in [4.78, 5) is 37.8. The van der Waals surface area contributed by atoms with E-state index >= 15 is 0 Å². The van der Waals surface area contributed by atoms with E-state index in [0.717, 1.165) is 28.4 Å². The molecule has 3 aromatic heterocycles. The number of fused-ring (bicyclic) bond motifs is 3. The molecule has 0 spiro atoms. The van der Waals surface area contributed by atoms with E-state index in [4.69, 9.17) is 0 Å². The van der Waals surface area contributed by atoms with Gasteiger partial charge in [-0.15, -0.1) is 11.3 Å². The largest absolute Gasteiger partial charge is 0.349 e. The lowest BCUT2D eigenvalue weighted by atomic mass is 10.2. The molecule has 0 radical (unpaired) electrons. The second kappa shape index (κ2) is 8.21. The van der Waals surface area contributed by atoms with E-state index in [-0.39, 0.29) is 28.0 Å². The van der Waals surface area contributed by atoms with Crippen molar-refractivity contribution in [3.05, 3.63) is 75.8 Å². The lowest BCUT2D eigenvalue weighted by molar-refractivity contribution is -0.113. The second-order valence-corrected chi connectivity index (χ2v) is 8.81. The van der Waals surface area contributed by atoms with E-state index in [1.165, 1.54) is 28.0 Å². The first kappa shape index (κ1) is 20.4. The van der Waals surface area contributed by atoms with Crippen molar-refractivity contribution in [1.29, 1.82) is 0 Å². The molecule has 2 N–H and O–H groups in total. The first-order chi connectivity index (χ1) is 15.5. The molecule has 5 rings (SSSR count). The van der Waals surface area contributed by atoms with Gasteiger partial charge in [0.05, 0.1) is 17.1 Å². The van der Waals surface area contributed by atoms with Crippen LogP contribution in [0, 0.1) is 12.7 Å². The van der Waals surface area contributed by atoms with Crippen LogP contribution >= 0.6 is 23.1 Å². The van der Waals surface area contributed by atoms with Gasteiger partial charge in [0.1, 0.15) is 16.9 Å². The molecule has 10 heteroatoms. The van der Waals surface area contributed by atoms with Crippen LogP contribution in [-0.4, -0.2) is 31.2 Å². The molecule has 0 bridgehead atoms. The molecule has 0 fully saturated rings. The molecule has 7 nitrogen and oxygen atoms in total. The number of aromatic nitrogens is 4. The lowest BCUT2D eigenvalue weighted by Crippen LogP contribution is -2.23. The van der Waals surface area contributed by atoms with Crippen LogP contribution in [-0.2, 0) is 4.79 Å². The maximum Gasteiger partial charge on any atom is 0.283 e. The van der Waals surface area contributed by atoms with Crippen LogP contribution in [0.25, 0.3) is 27.6 Å². The summed E-state index contributed by atoms with van der Waals surface area (Å²) in [7, 11) is 0. The molecule has 2 aromatic carbocycles. The van der Waals surface area contributed by atoms with Crippen molar-refractivity contribution in [2.75, 3.05) is 11.1 Å². The number of aryl methyl sites for hydroxylation is 1. The molecule has 5 aromatic rings. The fourth-order valence-electron chi connectivity index (χ4n) is 3.38. The van der Waals surface area contributed by atoms with E-state index in [1.54, 1.807) is 12.1 Å². The summed E-state index contributed by atoms with van der Waals surface area (Å²) in [6, 6.07) is 13.4. The fourth-order valence-corrected chi connectivity index (χ4v) is 4.88. The number of aromatic amines is 1. The SMILES string of the molecule is Cc1csc(NC(=O)CSc2nc3c([nH]c4ccccc43)c(=O)n2-c2ccccc2F)n1. The van der Waals surface area contributed by atoms with E-state index < -0.39 is 11.4 Å². The number of H-pyrrole nitrogens is 1. The first-order valence-electron chi connectivity index (χ1n) is 9.64. The van der Waals surface area contributed by atoms with Gasteiger partial charge in [-0.1, -0.05) is 42.1 Å². The van der Waals surface area contributed by atoms with Gasteiger partial charge in [0, 0.05) is 16.3 Å². The Bertz CT molecular complexity index is 1540. The maximum absolute atomic E-state index is 14.6. The number of thioether (sulfide) groups is 1. The summed E-state index contributed by atoms with van der Waals surface area (Å²) in [6.07, 6.45) is 0. The zero-order chi connectivity index (χ0) is 22.2. The zero-order valence-electron chi connectivity index (χ0n) is 16.8. The summed E-state index contributed by atoms with van der Waals surface area (Å²) < 4.78 is 15.8. The Morgan fingerprint density at radius 2 is 1.97 bits per heavy atom. The average Bonchev–Trinajstić information content (AvgIpc) is 3.36. The van der Waals surface area contributed by atoms with Crippen molar-refractivity contribution in [3.8, 4) is 5.69 Å². The number of benzene rings is 2. The number of carbonyl (C=O) groups is 1. The number of nitrogens with zero attached hydrogens (tertiary/aromatic N) is 3. The number of anilines is 1. The number of carbonyl (C=O) groups excluding carboxylic acids is 1. The van der Waals surface area contributed by atoms with Crippen molar-refractivity contribution in [2.24, 2.45) is 0 Å². The quantitative estimate of drug-likeness (QED) is 0.294. The number of amides is 1. The van der Waals surface area contributed by atoms with Crippen LogP contribution in [0.15, 0.2) is 63.9 Å². The normalized spacial score (nSPS) is 11.3. The molecule has 0 unspecified atom stereocenters. The summed E-state index contributed by atoms with van der Waals surface area (Å²) in [5.74, 6) is -0.873. The summed E-state index contributed by atoms with van der Waals surface area (Å²) in [5, 5.41) is 6.08. The van der Waals surface area contributed by atoms with Crippen molar-refractivity contribution in [1.82, 2.24) is 19.5 Å². The van der Waals surface area contributed by atoms with E-state index in [1.807, 2.05) is 36.6 Å². The number of hydrogen-bond acceptors (Lipinski definition) is 6. The Hall–Kier alpha value is -3.50. The molecule has 0 atom stereocenters. The van der Waals surface area contributed by atoms with Gasteiger partial charge >= 0.3 is 0 Å². The summed E-state index contributed by atoms with van der Waals surface area (Å²) >= 11 is 2.39. The number of para-hydroxylation sites is 2. The summed E-state index contributed by atoms with van der Waals surface area (Å²) in [6.45, 7) is 1.84. The minimum Gasteiger partial charge on any atom is -0.349 e. The Labute approximate surface area is 189 Å². The highest BCUT2D eigenvalue weighted by atomic mass is 32.2. The topological polar surface area (TPSA) is 92.7 Å². The van der Waals surface area contributed by atoms with Crippen molar-refractivity contribution in [2.45, 2.75) is 12.1 Å².